The molecule has 0 fully saturated rings. The van der Waals surface area contributed by atoms with Gasteiger partial charge in [0.2, 0.25) is 0 Å². The number of hydrogen-bond donors (Lipinski definition) is 1. The van der Waals surface area contributed by atoms with Crippen molar-refractivity contribution in [3.63, 3.8) is 0 Å². The Morgan fingerprint density at radius 1 is 0.967 bits per heavy atom. The molecule has 0 amide bonds. The van der Waals surface area contributed by atoms with Gasteiger partial charge in [0.15, 0.2) is 0 Å². The van der Waals surface area contributed by atoms with E-state index in [2.05, 4.69) is 55.4 Å². The zero-order chi connectivity index (χ0) is 20.9. The van der Waals surface area contributed by atoms with E-state index < -0.39 is 0 Å². The van der Waals surface area contributed by atoms with Crippen LogP contribution in [0.2, 0.25) is 0 Å². The summed E-state index contributed by atoms with van der Waals surface area (Å²) in [6.45, 7) is 2.33. The average Bonchev–Trinajstić information content (AvgIpc) is 2.77. The molecular formula is C26H29NO3. The Kier molecular flexibility index (Phi) is 6.24. The van der Waals surface area contributed by atoms with Gasteiger partial charge in [-0.1, -0.05) is 42.5 Å². The third-order valence-electron chi connectivity index (χ3n) is 5.63. The lowest BCUT2D eigenvalue weighted by Crippen LogP contribution is -2.25. The topological polar surface area (TPSA) is 41.9 Å². The number of aromatic hydroxyl groups is 1. The molecule has 3 aromatic rings. The van der Waals surface area contributed by atoms with Crippen LogP contribution in [0.5, 0.6) is 17.2 Å². The zero-order valence-electron chi connectivity index (χ0n) is 17.6. The minimum Gasteiger partial charge on any atom is -0.508 e. The molecule has 1 heterocycles. The fraction of sp³-hybridized carbons (Fsp3) is 0.308. The van der Waals surface area contributed by atoms with Crippen LogP contribution in [-0.2, 0) is 0 Å². The maximum atomic E-state index is 10.1. The average molecular weight is 404 g/mol. The van der Waals surface area contributed by atoms with Crippen LogP contribution in [0.1, 0.15) is 34.9 Å². The molecule has 0 spiro atoms. The molecule has 0 aromatic heterocycles. The highest BCUT2D eigenvalue weighted by molar-refractivity contribution is 5.51. The lowest BCUT2D eigenvalue weighted by atomic mass is 9.76. The number of fused-ring (bicyclic) bond motifs is 1. The van der Waals surface area contributed by atoms with Gasteiger partial charge in [-0.05, 0) is 62.0 Å². The van der Waals surface area contributed by atoms with Crippen LogP contribution in [0.15, 0.2) is 72.8 Å². The van der Waals surface area contributed by atoms with Crippen molar-refractivity contribution in [1.82, 2.24) is 4.90 Å². The monoisotopic (exact) mass is 403 g/mol. The summed E-state index contributed by atoms with van der Waals surface area (Å²) < 4.78 is 12.0. The molecule has 1 N–H and O–H groups in total. The largest absolute Gasteiger partial charge is 0.508 e. The predicted octanol–water partition coefficient (Wildman–Crippen LogP) is 5.03. The van der Waals surface area contributed by atoms with E-state index in [4.69, 9.17) is 9.47 Å². The van der Waals surface area contributed by atoms with E-state index in [1.165, 1.54) is 11.1 Å². The van der Waals surface area contributed by atoms with Crippen molar-refractivity contribution < 1.29 is 14.6 Å². The quantitative estimate of drug-likeness (QED) is 0.562. The minimum absolute atomic E-state index is 0.103. The van der Waals surface area contributed by atoms with E-state index in [9.17, 15) is 5.11 Å². The molecule has 4 rings (SSSR count). The van der Waals surface area contributed by atoms with Crippen molar-refractivity contribution in [3.8, 4) is 17.2 Å². The van der Waals surface area contributed by atoms with Crippen LogP contribution in [0.25, 0.3) is 0 Å². The second kappa shape index (κ2) is 9.23. The molecule has 2 atom stereocenters. The fourth-order valence-corrected chi connectivity index (χ4v) is 4.15. The van der Waals surface area contributed by atoms with Crippen LogP contribution in [0.4, 0.5) is 0 Å². The van der Waals surface area contributed by atoms with Gasteiger partial charge in [-0.25, -0.2) is 0 Å². The summed E-state index contributed by atoms with van der Waals surface area (Å²) in [7, 11) is 4.14. The number of benzene rings is 3. The second-order valence-corrected chi connectivity index (χ2v) is 8.10. The Bertz CT molecular complexity index is 954. The van der Waals surface area contributed by atoms with Crippen molar-refractivity contribution in [2.75, 3.05) is 33.9 Å². The van der Waals surface area contributed by atoms with Crippen molar-refractivity contribution in [2.45, 2.75) is 18.3 Å². The van der Waals surface area contributed by atoms with E-state index >= 15 is 0 Å². The molecule has 4 heteroatoms. The lowest BCUT2D eigenvalue weighted by Gasteiger charge is -2.34. The van der Waals surface area contributed by atoms with Crippen molar-refractivity contribution in [3.05, 3.63) is 89.5 Å². The van der Waals surface area contributed by atoms with Gasteiger partial charge in [0.25, 0.3) is 0 Å². The molecule has 0 aliphatic carbocycles. The molecule has 4 nitrogen and oxygen atoms in total. The van der Waals surface area contributed by atoms with Gasteiger partial charge in [-0.3, -0.25) is 0 Å². The van der Waals surface area contributed by atoms with E-state index in [0.717, 1.165) is 30.0 Å². The van der Waals surface area contributed by atoms with Crippen LogP contribution >= 0.6 is 0 Å². The fourth-order valence-electron chi connectivity index (χ4n) is 4.15. The van der Waals surface area contributed by atoms with Gasteiger partial charge >= 0.3 is 0 Å². The highest BCUT2D eigenvalue weighted by Gasteiger charge is 2.33. The van der Waals surface area contributed by atoms with Crippen LogP contribution in [-0.4, -0.2) is 43.9 Å². The molecular weight excluding hydrogens is 374 g/mol. The number of hydrogen-bond acceptors (Lipinski definition) is 4. The van der Waals surface area contributed by atoms with Gasteiger partial charge in [0, 0.05) is 23.9 Å². The number of phenols is 1. The highest BCUT2D eigenvalue weighted by Crippen LogP contribution is 2.47. The third kappa shape index (κ3) is 4.60. The smallest absolute Gasteiger partial charge is 0.123 e. The Labute approximate surface area is 178 Å². The van der Waals surface area contributed by atoms with Crippen molar-refractivity contribution in [2.24, 2.45) is 0 Å². The zero-order valence-corrected chi connectivity index (χ0v) is 17.6. The predicted molar refractivity (Wildman–Crippen MR) is 120 cm³/mol. The molecule has 0 bridgehead atoms. The Balaban J connectivity index is 1.61. The van der Waals surface area contributed by atoms with Crippen LogP contribution in [0, 0.1) is 0 Å². The van der Waals surface area contributed by atoms with Gasteiger partial charge in [0.05, 0.1) is 13.2 Å². The van der Waals surface area contributed by atoms with Gasteiger partial charge in [-0.2, -0.15) is 0 Å². The Morgan fingerprint density at radius 3 is 2.47 bits per heavy atom. The normalized spacial score (nSPS) is 18.0. The first-order chi connectivity index (χ1) is 14.6. The molecule has 3 aromatic carbocycles. The third-order valence-corrected chi connectivity index (χ3v) is 5.63. The molecule has 30 heavy (non-hydrogen) atoms. The molecule has 0 saturated carbocycles. The maximum Gasteiger partial charge on any atom is 0.123 e. The van der Waals surface area contributed by atoms with E-state index in [1.807, 2.05) is 30.3 Å². The lowest BCUT2D eigenvalue weighted by molar-refractivity contribution is 0.248. The standard InChI is InChI=1S/C26H29NO3/c1-27(2)15-6-16-29-22-12-9-20(10-13-22)26-23-17-21(28)11-14-25(23)30-18-24(26)19-7-4-3-5-8-19/h3-5,7-14,17,24,26,28H,6,15-16,18H2,1-2H3/t24-,26?/m1/s1. The SMILES string of the molecule is CN(C)CCCOc1ccc(C2c3cc(O)ccc3OC[C@@H]2c2ccccc2)cc1. The summed E-state index contributed by atoms with van der Waals surface area (Å²) in [6.07, 6.45) is 0.997. The first kappa shape index (κ1) is 20.3. The molecule has 156 valence electrons. The first-order valence-corrected chi connectivity index (χ1v) is 10.5. The summed E-state index contributed by atoms with van der Waals surface area (Å²) in [4.78, 5) is 2.16. The van der Waals surface area contributed by atoms with Gasteiger partial charge < -0.3 is 19.5 Å². The second-order valence-electron chi connectivity index (χ2n) is 8.10. The number of nitrogens with zero attached hydrogens (tertiary/aromatic N) is 1. The van der Waals surface area contributed by atoms with Crippen molar-refractivity contribution >= 4 is 0 Å². The number of phenolic OH excluding ortho intramolecular Hbond substituents is 1. The Morgan fingerprint density at radius 2 is 1.73 bits per heavy atom. The summed E-state index contributed by atoms with van der Waals surface area (Å²) in [5, 5.41) is 10.1. The van der Waals surface area contributed by atoms with Gasteiger partial charge in [0.1, 0.15) is 17.2 Å². The van der Waals surface area contributed by atoms with Crippen LogP contribution < -0.4 is 9.47 Å². The van der Waals surface area contributed by atoms with E-state index in [1.54, 1.807) is 6.07 Å². The summed E-state index contributed by atoms with van der Waals surface area (Å²) in [5.41, 5.74) is 3.45. The maximum absolute atomic E-state index is 10.1. The summed E-state index contributed by atoms with van der Waals surface area (Å²) in [5.74, 6) is 2.27. The summed E-state index contributed by atoms with van der Waals surface area (Å²) >= 11 is 0. The number of rotatable bonds is 7. The molecule has 0 saturated heterocycles. The minimum atomic E-state index is 0.103. The molecule has 1 unspecified atom stereocenters. The van der Waals surface area contributed by atoms with Crippen molar-refractivity contribution in [1.29, 1.82) is 0 Å². The molecule has 1 aliphatic rings. The summed E-state index contributed by atoms with van der Waals surface area (Å²) in [6, 6.07) is 24.2. The Hall–Kier alpha value is -2.98. The van der Waals surface area contributed by atoms with Gasteiger partial charge in [-0.15, -0.1) is 0 Å². The first-order valence-electron chi connectivity index (χ1n) is 10.5. The molecule has 1 aliphatic heterocycles. The number of ether oxygens (including phenoxy) is 2. The van der Waals surface area contributed by atoms with Crippen LogP contribution in [0.3, 0.4) is 0 Å². The van der Waals surface area contributed by atoms with E-state index in [-0.39, 0.29) is 17.6 Å². The van der Waals surface area contributed by atoms with E-state index in [0.29, 0.717) is 13.2 Å². The molecule has 0 radical (unpaired) electrons. The highest BCUT2D eigenvalue weighted by atomic mass is 16.5.